The van der Waals surface area contributed by atoms with Crippen LogP contribution >= 0.6 is 0 Å². The Hall–Kier alpha value is -3.41. The molecular weight excluding hydrogens is 395 g/mol. The number of H-pyrrole nitrogens is 1. The minimum atomic E-state index is -5.08. The molecule has 0 aliphatic rings. The number of halogens is 3. The maximum atomic E-state index is 12.1. The molecule has 0 saturated heterocycles. The summed E-state index contributed by atoms with van der Waals surface area (Å²) in [6.07, 6.45) is -3.51. The lowest BCUT2D eigenvalue weighted by Gasteiger charge is -2.07. The van der Waals surface area contributed by atoms with E-state index in [-0.39, 0.29) is 0 Å². The highest BCUT2D eigenvalue weighted by atomic mass is 19.4. The SMILES string of the molecule is CCn1cnc2c1c(=O)[nH]c(=O)n2Cc1ccc(CN)cc1.O=C(O)C(F)(F)F. The molecule has 2 heterocycles. The van der Waals surface area contributed by atoms with E-state index in [9.17, 15) is 22.8 Å². The van der Waals surface area contributed by atoms with Gasteiger partial charge in [0, 0.05) is 13.1 Å². The smallest absolute Gasteiger partial charge is 0.475 e. The third-order valence-electron chi connectivity index (χ3n) is 3.94. The first-order valence-corrected chi connectivity index (χ1v) is 8.34. The van der Waals surface area contributed by atoms with Gasteiger partial charge in [-0.05, 0) is 18.1 Å². The average molecular weight is 413 g/mol. The van der Waals surface area contributed by atoms with Crippen molar-refractivity contribution in [3.8, 4) is 0 Å². The van der Waals surface area contributed by atoms with Gasteiger partial charge in [0.2, 0.25) is 0 Å². The van der Waals surface area contributed by atoms with Crippen LogP contribution in [0.1, 0.15) is 18.1 Å². The molecule has 0 amide bonds. The van der Waals surface area contributed by atoms with Gasteiger partial charge in [-0.3, -0.25) is 14.3 Å². The Labute approximate surface area is 161 Å². The summed E-state index contributed by atoms with van der Waals surface area (Å²) < 4.78 is 34.9. The molecular formula is C17H18F3N5O4. The zero-order valence-electron chi connectivity index (χ0n) is 15.2. The van der Waals surface area contributed by atoms with Crippen molar-refractivity contribution < 1.29 is 23.1 Å². The van der Waals surface area contributed by atoms with Crippen molar-refractivity contribution in [1.29, 1.82) is 0 Å². The molecule has 1 aromatic carbocycles. The van der Waals surface area contributed by atoms with Gasteiger partial charge in [0.1, 0.15) is 0 Å². The van der Waals surface area contributed by atoms with Crippen LogP contribution in [0.4, 0.5) is 13.2 Å². The highest BCUT2D eigenvalue weighted by molar-refractivity contribution is 5.73. The van der Waals surface area contributed by atoms with Crippen LogP contribution in [0.3, 0.4) is 0 Å². The number of rotatable bonds is 4. The van der Waals surface area contributed by atoms with E-state index in [0.717, 1.165) is 11.1 Å². The Bertz CT molecular complexity index is 1110. The number of nitrogens with one attached hydrogen (secondary N) is 1. The second kappa shape index (κ2) is 8.73. The van der Waals surface area contributed by atoms with E-state index in [2.05, 4.69) is 9.97 Å². The van der Waals surface area contributed by atoms with Crippen LogP contribution in [0.15, 0.2) is 40.2 Å². The summed E-state index contributed by atoms with van der Waals surface area (Å²) in [6.45, 7) is 3.35. The summed E-state index contributed by atoms with van der Waals surface area (Å²) in [6, 6.07) is 7.69. The van der Waals surface area contributed by atoms with Crippen LogP contribution in [-0.2, 0) is 24.4 Å². The molecule has 0 aliphatic carbocycles. The van der Waals surface area contributed by atoms with Crippen LogP contribution in [0.5, 0.6) is 0 Å². The van der Waals surface area contributed by atoms with Crippen molar-refractivity contribution in [2.45, 2.75) is 32.7 Å². The van der Waals surface area contributed by atoms with Crippen LogP contribution in [-0.4, -0.2) is 36.4 Å². The van der Waals surface area contributed by atoms with Gasteiger partial charge in [-0.2, -0.15) is 13.2 Å². The van der Waals surface area contributed by atoms with E-state index in [1.54, 1.807) is 10.9 Å². The van der Waals surface area contributed by atoms with Gasteiger partial charge in [-0.15, -0.1) is 0 Å². The molecule has 12 heteroatoms. The zero-order valence-corrected chi connectivity index (χ0v) is 15.2. The van der Waals surface area contributed by atoms with E-state index in [1.807, 2.05) is 31.2 Å². The molecule has 156 valence electrons. The number of carbonyl (C=O) groups is 1. The molecule has 29 heavy (non-hydrogen) atoms. The van der Waals surface area contributed by atoms with E-state index in [1.165, 1.54) is 4.57 Å². The number of imidazole rings is 1. The van der Waals surface area contributed by atoms with E-state index >= 15 is 0 Å². The predicted molar refractivity (Wildman–Crippen MR) is 97.4 cm³/mol. The van der Waals surface area contributed by atoms with Crippen molar-refractivity contribution in [2.24, 2.45) is 5.73 Å². The number of nitrogens with two attached hydrogens (primary N) is 1. The van der Waals surface area contributed by atoms with Gasteiger partial charge >= 0.3 is 17.8 Å². The van der Waals surface area contributed by atoms with Crippen molar-refractivity contribution >= 4 is 17.1 Å². The number of fused-ring (bicyclic) bond motifs is 1. The van der Waals surface area contributed by atoms with Crippen LogP contribution in [0.2, 0.25) is 0 Å². The van der Waals surface area contributed by atoms with Crippen LogP contribution < -0.4 is 17.0 Å². The molecule has 0 saturated carbocycles. The lowest BCUT2D eigenvalue weighted by molar-refractivity contribution is -0.192. The molecule has 0 unspecified atom stereocenters. The second-order valence-corrected chi connectivity index (χ2v) is 5.87. The summed E-state index contributed by atoms with van der Waals surface area (Å²) in [5, 5.41) is 7.12. The Kier molecular flexibility index (Phi) is 6.59. The number of nitrogens with zero attached hydrogens (tertiary/aromatic N) is 3. The number of alkyl halides is 3. The fourth-order valence-electron chi connectivity index (χ4n) is 2.47. The summed E-state index contributed by atoms with van der Waals surface area (Å²) in [4.78, 5) is 39.6. The number of carboxylic acid groups (broad SMARTS) is 1. The van der Waals surface area contributed by atoms with Gasteiger partial charge in [0.05, 0.1) is 12.9 Å². The lowest BCUT2D eigenvalue weighted by Crippen LogP contribution is -2.31. The molecule has 2 aromatic heterocycles. The second-order valence-electron chi connectivity index (χ2n) is 5.87. The molecule has 0 bridgehead atoms. The minimum absolute atomic E-state index is 0.345. The monoisotopic (exact) mass is 413 g/mol. The van der Waals surface area contributed by atoms with Crippen molar-refractivity contribution in [2.75, 3.05) is 0 Å². The molecule has 0 fully saturated rings. The number of aromatic nitrogens is 4. The normalized spacial score (nSPS) is 11.2. The number of carboxylic acids is 1. The zero-order chi connectivity index (χ0) is 21.8. The number of aromatic amines is 1. The van der Waals surface area contributed by atoms with Crippen LogP contribution in [0, 0.1) is 0 Å². The first-order chi connectivity index (χ1) is 13.6. The third-order valence-corrected chi connectivity index (χ3v) is 3.94. The van der Waals surface area contributed by atoms with Gasteiger partial charge < -0.3 is 15.4 Å². The molecule has 0 aliphatic heterocycles. The maximum Gasteiger partial charge on any atom is 0.490 e. The van der Waals surface area contributed by atoms with Gasteiger partial charge in [-0.25, -0.2) is 14.6 Å². The number of aryl methyl sites for hydroxylation is 1. The van der Waals surface area contributed by atoms with Gasteiger partial charge in [0.15, 0.2) is 11.2 Å². The first-order valence-electron chi connectivity index (χ1n) is 8.34. The van der Waals surface area contributed by atoms with Gasteiger partial charge in [0.25, 0.3) is 5.56 Å². The predicted octanol–water partition coefficient (Wildman–Crippen LogP) is 1.05. The molecule has 3 rings (SSSR count). The molecule has 9 nitrogen and oxygen atoms in total. The lowest BCUT2D eigenvalue weighted by atomic mass is 10.1. The van der Waals surface area contributed by atoms with E-state index in [0.29, 0.717) is 30.8 Å². The topological polar surface area (TPSA) is 136 Å². The highest BCUT2D eigenvalue weighted by Crippen LogP contribution is 2.13. The minimum Gasteiger partial charge on any atom is -0.475 e. The fraction of sp³-hybridized carbons (Fsp3) is 0.294. The summed E-state index contributed by atoms with van der Waals surface area (Å²) >= 11 is 0. The molecule has 3 aromatic rings. The molecule has 0 spiro atoms. The Morgan fingerprint density at radius 3 is 2.24 bits per heavy atom. The Balaban J connectivity index is 0.000000370. The van der Waals surface area contributed by atoms with Crippen molar-refractivity contribution in [3.05, 3.63) is 62.6 Å². The number of hydrogen-bond acceptors (Lipinski definition) is 5. The maximum absolute atomic E-state index is 12.1. The summed E-state index contributed by atoms with van der Waals surface area (Å²) in [5.74, 6) is -2.76. The molecule has 4 N–H and O–H groups in total. The van der Waals surface area contributed by atoms with Crippen molar-refractivity contribution in [1.82, 2.24) is 19.1 Å². The van der Waals surface area contributed by atoms with Gasteiger partial charge in [-0.1, -0.05) is 24.3 Å². The first kappa shape index (κ1) is 21.9. The standard InChI is InChI=1S/C15H17N5O2.C2HF3O2/c1-2-19-9-17-13-12(19)14(21)18-15(22)20(13)8-11-5-3-10(7-16)4-6-11;3-2(4,5)1(6)7/h3-6,9H,2,7-8,16H2,1H3,(H,18,21,22);(H,6,7). The number of aliphatic carboxylic acids is 1. The number of hydrogen-bond donors (Lipinski definition) is 3. The summed E-state index contributed by atoms with van der Waals surface area (Å²) in [7, 11) is 0. The van der Waals surface area contributed by atoms with Crippen molar-refractivity contribution in [3.63, 3.8) is 0 Å². The fourth-order valence-corrected chi connectivity index (χ4v) is 2.47. The average Bonchev–Trinajstić information content (AvgIpc) is 3.10. The van der Waals surface area contributed by atoms with Crippen LogP contribution in [0.25, 0.3) is 11.2 Å². The highest BCUT2D eigenvalue weighted by Gasteiger charge is 2.38. The third kappa shape index (κ3) is 5.10. The summed E-state index contributed by atoms with van der Waals surface area (Å²) in [5.41, 5.74) is 7.50. The number of benzene rings is 1. The Morgan fingerprint density at radius 1 is 1.21 bits per heavy atom. The largest absolute Gasteiger partial charge is 0.490 e. The Morgan fingerprint density at radius 2 is 1.76 bits per heavy atom. The molecule has 0 radical (unpaired) electrons. The quantitative estimate of drug-likeness (QED) is 0.585. The molecule has 0 atom stereocenters. The van der Waals surface area contributed by atoms with E-state index in [4.69, 9.17) is 15.6 Å². The van der Waals surface area contributed by atoms with E-state index < -0.39 is 23.4 Å².